The average molecular weight is 488 g/mol. The van der Waals surface area contributed by atoms with E-state index in [2.05, 4.69) is 10.6 Å². The fraction of sp³-hybridized carbons (Fsp3) is 0.214. The molecule has 3 aromatic rings. The Kier molecular flexibility index (Phi) is 7.24. The van der Waals surface area contributed by atoms with Crippen LogP contribution in [0.4, 0.5) is 14.9 Å². The molecule has 0 bridgehead atoms. The van der Waals surface area contributed by atoms with Gasteiger partial charge < -0.3 is 10.6 Å². The number of carbonyl (C=O) groups excluding carboxylic acids is 4. The number of para-hydroxylation sites is 1. The highest BCUT2D eigenvalue weighted by Crippen LogP contribution is 2.34. The summed E-state index contributed by atoms with van der Waals surface area (Å²) < 4.78 is 13.5. The van der Waals surface area contributed by atoms with Gasteiger partial charge in [-0.3, -0.25) is 19.3 Å². The van der Waals surface area contributed by atoms with Crippen molar-refractivity contribution in [3.63, 3.8) is 0 Å². The van der Waals surface area contributed by atoms with Gasteiger partial charge in [-0.15, -0.1) is 0 Å². The van der Waals surface area contributed by atoms with Crippen LogP contribution in [0, 0.1) is 5.82 Å². The Balaban J connectivity index is 1.54. The van der Waals surface area contributed by atoms with Gasteiger partial charge in [0.15, 0.2) is 5.78 Å². The lowest BCUT2D eigenvalue weighted by Gasteiger charge is -2.27. The lowest BCUT2D eigenvalue weighted by atomic mass is 9.85. The maximum Gasteiger partial charge on any atom is 0.325 e. The Morgan fingerprint density at radius 2 is 1.61 bits per heavy atom. The van der Waals surface area contributed by atoms with Gasteiger partial charge in [0, 0.05) is 11.1 Å². The van der Waals surface area contributed by atoms with Crippen molar-refractivity contribution < 1.29 is 23.6 Å². The number of benzene rings is 3. The average Bonchev–Trinajstić information content (AvgIpc) is 3.13. The van der Waals surface area contributed by atoms with Gasteiger partial charge >= 0.3 is 6.03 Å². The Bertz CT molecular complexity index is 1290. The van der Waals surface area contributed by atoms with E-state index in [-0.39, 0.29) is 17.0 Å². The van der Waals surface area contributed by atoms with E-state index in [9.17, 15) is 23.6 Å². The topological polar surface area (TPSA) is 95.6 Å². The number of nitrogens with one attached hydrogen (secondary N) is 2. The van der Waals surface area contributed by atoms with E-state index < -0.39 is 35.7 Å². The summed E-state index contributed by atoms with van der Waals surface area (Å²) in [6.07, 6.45) is 1.73. The van der Waals surface area contributed by atoms with Crippen LogP contribution in [0.15, 0.2) is 78.9 Å². The van der Waals surface area contributed by atoms with Gasteiger partial charge in [-0.25, -0.2) is 9.18 Å². The second kappa shape index (κ2) is 10.5. The lowest BCUT2D eigenvalue weighted by Crippen LogP contribution is -2.44. The molecule has 36 heavy (non-hydrogen) atoms. The molecule has 1 heterocycles. The Morgan fingerprint density at radius 3 is 2.31 bits per heavy atom. The van der Waals surface area contributed by atoms with E-state index in [1.165, 1.54) is 24.3 Å². The number of rotatable bonds is 9. The first-order valence-electron chi connectivity index (χ1n) is 11.7. The Morgan fingerprint density at radius 1 is 0.944 bits per heavy atom. The van der Waals surface area contributed by atoms with Crippen LogP contribution in [0.25, 0.3) is 0 Å². The van der Waals surface area contributed by atoms with Crippen molar-refractivity contribution in [3.8, 4) is 0 Å². The third-order valence-electron chi connectivity index (χ3n) is 6.20. The van der Waals surface area contributed by atoms with Gasteiger partial charge in [-0.1, -0.05) is 74.4 Å². The first-order chi connectivity index (χ1) is 17.4. The van der Waals surface area contributed by atoms with Gasteiger partial charge in [0.25, 0.3) is 5.91 Å². The van der Waals surface area contributed by atoms with Crippen LogP contribution in [0.1, 0.15) is 47.7 Å². The lowest BCUT2D eigenvalue weighted by molar-refractivity contribution is -0.134. The maximum absolute atomic E-state index is 13.5. The van der Waals surface area contributed by atoms with Crippen LogP contribution in [0.5, 0.6) is 0 Å². The quantitative estimate of drug-likeness (QED) is 0.340. The normalized spacial score (nSPS) is 17.1. The monoisotopic (exact) mass is 487 g/mol. The first-order valence-corrected chi connectivity index (χ1v) is 11.7. The van der Waals surface area contributed by atoms with E-state index in [1.54, 1.807) is 54.6 Å². The second-order valence-corrected chi connectivity index (χ2v) is 8.63. The van der Waals surface area contributed by atoms with Crippen molar-refractivity contribution in [1.29, 1.82) is 0 Å². The molecule has 0 spiro atoms. The molecule has 0 aromatic heterocycles. The minimum atomic E-state index is -1.37. The molecule has 7 nitrogen and oxygen atoms in total. The zero-order valence-corrected chi connectivity index (χ0v) is 19.8. The fourth-order valence-corrected chi connectivity index (χ4v) is 4.32. The number of amides is 4. The Hall–Kier alpha value is -4.33. The molecule has 0 aliphatic carbocycles. The summed E-state index contributed by atoms with van der Waals surface area (Å²) >= 11 is 0. The minimum absolute atomic E-state index is 0.267. The molecule has 1 fully saturated rings. The van der Waals surface area contributed by atoms with Crippen LogP contribution < -0.4 is 10.6 Å². The molecule has 184 valence electrons. The number of hydrogen-bond donors (Lipinski definition) is 2. The largest absolute Gasteiger partial charge is 0.325 e. The summed E-state index contributed by atoms with van der Waals surface area (Å²) in [6.45, 7) is 1.42. The summed E-state index contributed by atoms with van der Waals surface area (Å²) in [4.78, 5) is 53.1. The van der Waals surface area contributed by atoms with Crippen molar-refractivity contribution in [2.75, 3.05) is 11.9 Å². The third-order valence-corrected chi connectivity index (χ3v) is 6.20. The van der Waals surface area contributed by atoms with E-state index >= 15 is 0 Å². The van der Waals surface area contributed by atoms with Crippen molar-refractivity contribution >= 4 is 29.3 Å². The zero-order chi connectivity index (χ0) is 25.7. The summed E-state index contributed by atoms with van der Waals surface area (Å²) in [5.41, 5.74) is 0.116. The molecule has 1 aliphatic rings. The highest BCUT2D eigenvalue weighted by molar-refractivity contribution is 6.15. The molecule has 2 N–H and O–H groups in total. The molecule has 8 heteroatoms. The molecule has 1 atom stereocenters. The number of nitrogens with zero attached hydrogens (tertiary/aromatic N) is 1. The summed E-state index contributed by atoms with van der Waals surface area (Å²) in [6, 6.07) is 19.9. The van der Waals surface area contributed by atoms with Crippen LogP contribution in [-0.2, 0) is 15.1 Å². The SMILES string of the molecule is CCCC[C@]1(c2ccc(F)cc2)NC(=O)N(CC(=O)Nc2ccccc2C(=O)c2ccccc2)C1=O. The number of unbranched alkanes of at least 4 members (excludes halogenated alkanes) is 1. The molecule has 0 unspecified atom stereocenters. The molecule has 4 rings (SSSR count). The summed E-state index contributed by atoms with van der Waals surface area (Å²) in [7, 11) is 0. The van der Waals surface area contributed by atoms with Crippen LogP contribution >= 0.6 is 0 Å². The number of hydrogen-bond acceptors (Lipinski definition) is 4. The first kappa shape index (κ1) is 24.8. The predicted molar refractivity (Wildman–Crippen MR) is 133 cm³/mol. The Labute approximate surface area is 208 Å². The van der Waals surface area contributed by atoms with Crippen LogP contribution in [0.2, 0.25) is 0 Å². The molecule has 4 amide bonds. The molecule has 0 saturated carbocycles. The predicted octanol–water partition coefficient (Wildman–Crippen LogP) is 4.63. The number of imide groups is 1. The van der Waals surface area contributed by atoms with Gasteiger partial charge in [0.05, 0.1) is 5.69 Å². The van der Waals surface area contributed by atoms with E-state index in [1.807, 2.05) is 6.92 Å². The smallest absolute Gasteiger partial charge is 0.324 e. The molecule has 3 aromatic carbocycles. The van der Waals surface area contributed by atoms with Gasteiger partial charge in [0.1, 0.15) is 17.9 Å². The van der Waals surface area contributed by atoms with Crippen molar-refractivity contribution in [2.24, 2.45) is 0 Å². The van der Waals surface area contributed by atoms with Gasteiger partial charge in [-0.05, 0) is 36.2 Å². The van der Waals surface area contributed by atoms with Gasteiger partial charge in [0.2, 0.25) is 5.91 Å². The van der Waals surface area contributed by atoms with Crippen LogP contribution in [0.3, 0.4) is 0 Å². The van der Waals surface area contributed by atoms with Crippen molar-refractivity contribution in [1.82, 2.24) is 10.2 Å². The standard InChI is InChI=1S/C28H26FN3O4/c1-2-3-17-28(20-13-15-21(29)16-14-20)26(35)32(27(36)31-28)18-24(33)30-23-12-8-7-11-22(23)25(34)19-9-5-4-6-10-19/h4-16H,2-3,17-18H2,1H3,(H,30,33)(H,31,36)/t28-/m1/s1. The molecular formula is C28H26FN3O4. The summed E-state index contributed by atoms with van der Waals surface area (Å²) in [5.74, 6) is -1.92. The van der Waals surface area contributed by atoms with Crippen molar-refractivity contribution in [3.05, 3.63) is 101 Å². The maximum atomic E-state index is 13.5. The highest BCUT2D eigenvalue weighted by Gasteiger charge is 2.52. The second-order valence-electron chi connectivity index (χ2n) is 8.63. The number of halogens is 1. The number of carbonyl (C=O) groups is 4. The molecule has 0 radical (unpaired) electrons. The molecule has 1 aliphatic heterocycles. The summed E-state index contributed by atoms with van der Waals surface area (Å²) in [5, 5.41) is 5.40. The van der Waals surface area contributed by atoms with E-state index in [0.29, 0.717) is 24.0 Å². The highest BCUT2D eigenvalue weighted by atomic mass is 19.1. The fourth-order valence-electron chi connectivity index (χ4n) is 4.32. The van der Waals surface area contributed by atoms with Crippen LogP contribution in [-0.4, -0.2) is 35.1 Å². The molecule has 1 saturated heterocycles. The minimum Gasteiger partial charge on any atom is -0.324 e. The van der Waals surface area contributed by atoms with Crippen molar-refractivity contribution in [2.45, 2.75) is 31.7 Å². The van der Waals surface area contributed by atoms with E-state index in [4.69, 9.17) is 0 Å². The van der Waals surface area contributed by atoms with Gasteiger partial charge in [-0.2, -0.15) is 0 Å². The number of ketones is 1. The third kappa shape index (κ3) is 4.88. The van der Waals surface area contributed by atoms with E-state index in [0.717, 1.165) is 11.3 Å². The molecular weight excluding hydrogens is 461 g/mol. The zero-order valence-electron chi connectivity index (χ0n) is 19.8. The number of urea groups is 1. The number of anilines is 1.